The lowest BCUT2D eigenvalue weighted by Gasteiger charge is -2.06. The van der Waals surface area contributed by atoms with E-state index in [1.165, 1.54) is 0 Å². The van der Waals surface area contributed by atoms with E-state index in [2.05, 4.69) is 41.3 Å². The number of pyridine rings is 1. The molecule has 0 spiro atoms. The first-order valence-electron chi connectivity index (χ1n) is 7.01. The molecule has 1 unspecified atom stereocenters. The molecule has 2 heterocycles. The minimum absolute atomic E-state index is 0.610. The average molecular weight is 266 g/mol. The third-order valence-corrected chi connectivity index (χ3v) is 3.62. The standard InChI is InChI=1S/C16H18N4/c1-3-12(2)10-20-11-16(18-19-20)14-8-13-6-4-5-7-15(13)17-9-14/h4-9,11-12H,3,10H2,1-2H3. The number of hydrogen-bond acceptors (Lipinski definition) is 3. The molecule has 0 aliphatic carbocycles. The quantitative estimate of drug-likeness (QED) is 0.725. The van der Waals surface area contributed by atoms with E-state index in [1.54, 1.807) is 0 Å². The predicted octanol–water partition coefficient (Wildman–Crippen LogP) is 3.54. The second kappa shape index (κ2) is 5.41. The molecule has 2 aromatic heterocycles. The number of para-hydroxylation sites is 1. The van der Waals surface area contributed by atoms with Crippen LogP contribution in [0.3, 0.4) is 0 Å². The Balaban J connectivity index is 1.91. The lowest BCUT2D eigenvalue weighted by atomic mass is 10.1. The second-order valence-electron chi connectivity index (χ2n) is 5.26. The van der Waals surface area contributed by atoms with E-state index >= 15 is 0 Å². The van der Waals surface area contributed by atoms with Gasteiger partial charge in [0.1, 0.15) is 5.69 Å². The van der Waals surface area contributed by atoms with Crippen molar-refractivity contribution in [2.45, 2.75) is 26.8 Å². The van der Waals surface area contributed by atoms with Gasteiger partial charge in [0.05, 0.1) is 11.7 Å². The predicted molar refractivity (Wildman–Crippen MR) is 80.2 cm³/mol. The molecule has 102 valence electrons. The maximum absolute atomic E-state index is 4.47. The molecule has 0 saturated heterocycles. The zero-order chi connectivity index (χ0) is 13.9. The molecule has 20 heavy (non-hydrogen) atoms. The normalized spacial score (nSPS) is 12.7. The SMILES string of the molecule is CCC(C)Cn1cc(-c2cnc3ccccc3c2)nn1. The van der Waals surface area contributed by atoms with Crippen LogP contribution in [-0.2, 0) is 6.54 Å². The number of fused-ring (bicyclic) bond motifs is 1. The highest BCUT2D eigenvalue weighted by Gasteiger charge is 2.07. The van der Waals surface area contributed by atoms with Crippen molar-refractivity contribution in [3.63, 3.8) is 0 Å². The van der Waals surface area contributed by atoms with Gasteiger partial charge in [-0.2, -0.15) is 0 Å². The highest BCUT2D eigenvalue weighted by atomic mass is 15.4. The third-order valence-electron chi connectivity index (χ3n) is 3.62. The van der Waals surface area contributed by atoms with Crippen LogP contribution in [0, 0.1) is 5.92 Å². The maximum Gasteiger partial charge on any atom is 0.114 e. The molecule has 0 saturated carbocycles. The van der Waals surface area contributed by atoms with Crippen LogP contribution in [0.25, 0.3) is 22.2 Å². The largest absolute Gasteiger partial charge is 0.256 e. The van der Waals surface area contributed by atoms with Crippen molar-refractivity contribution in [3.8, 4) is 11.3 Å². The van der Waals surface area contributed by atoms with Crippen LogP contribution in [0.15, 0.2) is 42.7 Å². The monoisotopic (exact) mass is 266 g/mol. The van der Waals surface area contributed by atoms with Crippen molar-refractivity contribution < 1.29 is 0 Å². The molecule has 1 atom stereocenters. The molecule has 0 aliphatic rings. The third kappa shape index (κ3) is 2.54. The Morgan fingerprint density at radius 3 is 2.95 bits per heavy atom. The summed E-state index contributed by atoms with van der Waals surface area (Å²) in [4.78, 5) is 4.47. The number of benzene rings is 1. The number of hydrogen-bond donors (Lipinski definition) is 0. The van der Waals surface area contributed by atoms with Gasteiger partial charge in [0.15, 0.2) is 0 Å². The Labute approximate surface area is 118 Å². The molecule has 1 aromatic carbocycles. The highest BCUT2D eigenvalue weighted by Crippen LogP contribution is 2.20. The van der Waals surface area contributed by atoms with Crippen molar-refractivity contribution in [3.05, 3.63) is 42.7 Å². The summed E-state index contributed by atoms with van der Waals surface area (Å²) >= 11 is 0. The number of rotatable bonds is 4. The van der Waals surface area contributed by atoms with Crippen LogP contribution in [0.2, 0.25) is 0 Å². The molecule has 0 fully saturated rings. The number of aromatic nitrogens is 4. The van der Waals surface area contributed by atoms with E-state index in [1.807, 2.05) is 35.3 Å². The molecule has 0 radical (unpaired) electrons. The van der Waals surface area contributed by atoms with E-state index in [0.717, 1.165) is 35.1 Å². The van der Waals surface area contributed by atoms with Crippen molar-refractivity contribution in [2.24, 2.45) is 5.92 Å². The van der Waals surface area contributed by atoms with E-state index in [4.69, 9.17) is 0 Å². The Hall–Kier alpha value is -2.23. The van der Waals surface area contributed by atoms with Crippen LogP contribution in [-0.4, -0.2) is 20.0 Å². The van der Waals surface area contributed by atoms with Gasteiger partial charge in [-0.25, -0.2) is 0 Å². The van der Waals surface area contributed by atoms with E-state index in [9.17, 15) is 0 Å². The molecule has 0 amide bonds. The summed E-state index contributed by atoms with van der Waals surface area (Å²) in [5.74, 6) is 0.610. The molecular weight excluding hydrogens is 248 g/mol. The summed E-state index contributed by atoms with van der Waals surface area (Å²) in [6.45, 7) is 5.32. The Morgan fingerprint density at radius 1 is 1.25 bits per heavy atom. The first-order valence-corrected chi connectivity index (χ1v) is 7.01. The van der Waals surface area contributed by atoms with Crippen molar-refractivity contribution in [1.82, 2.24) is 20.0 Å². The summed E-state index contributed by atoms with van der Waals surface area (Å²) in [7, 11) is 0. The fraction of sp³-hybridized carbons (Fsp3) is 0.312. The van der Waals surface area contributed by atoms with Gasteiger partial charge in [-0.05, 0) is 18.1 Å². The minimum atomic E-state index is 0.610. The molecule has 3 rings (SSSR count). The van der Waals surface area contributed by atoms with Gasteiger partial charge >= 0.3 is 0 Å². The fourth-order valence-electron chi connectivity index (χ4n) is 2.18. The van der Waals surface area contributed by atoms with Gasteiger partial charge < -0.3 is 0 Å². The Bertz CT molecular complexity index is 717. The van der Waals surface area contributed by atoms with Crippen LogP contribution >= 0.6 is 0 Å². The van der Waals surface area contributed by atoms with Crippen LogP contribution in [0.1, 0.15) is 20.3 Å². The molecule has 4 heteroatoms. The topological polar surface area (TPSA) is 43.6 Å². The summed E-state index contributed by atoms with van der Waals surface area (Å²) < 4.78 is 1.92. The summed E-state index contributed by atoms with van der Waals surface area (Å²) in [5.41, 5.74) is 2.90. The molecular formula is C16H18N4. The van der Waals surface area contributed by atoms with Gasteiger partial charge in [-0.3, -0.25) is 9.67 Å². The summed E-state index contributed by atoms with van der Waals surface area (Å²) in [6, 6.07) is 10.2. The summed E-state index contributed by atoms with van der Waals surface area (Å²) in [6.07, 6.45) is 5.00. The van der Waals surface area contributed by atoms with Crippen molar-refractivity contribution in [1.29, 1.82) is 0 Å². The molecule has 0 bridgehead atoms. The van der Waals surface area contributed by atoms with Crippen molar-refractivity contribution in [2.75, 3.05) is 0 Å². The van der Waals surface area contributed by atoms with Crippen molar-refractivity contribution >= 4 is 10.9 Å². The van der Waals surface area contributed by atoms with Crippen LogP contribution < -0.4 is 0 Å². The lowest BCUT2D eigenvalue weighted by Crippen LogP contribution is -2.06. The van der Waals surface area contributed by atoms with E-state index in [-0.39, 0.29) is 0 Å². The Kier molecular flexibility index (Phi) is 3.46. The van der Waals surface area contributed by atoms with E-state index < -0.39 is 0 Å². The van der Waals surface area contributed by atoms with E-state index in [0.29, 0.717) is 5.92 Å². The highest BCUT2D eigenvalue weighted by molar-refractivity contribution is 5.82. The van der Waals surface area contributed by atoms with Gasteiger partial charge in [0, 0.05) is 23.7 Å². The smallest absolute Gasteiger partial charge is 0.114 e. The van der Waals surface area contributed by atoms with Crippen LogP contribution in [0.4, 0.5) is 0 Å². The second-order valence-corrected chi connectivity index (χ2v) is 5.26. The van der Waals surface area contributed by atoms with Crippen LogP contribution in [0.5, 0.6) is 0 Å². The minimum Gasteiger partial charge on any atom is -0.256 e. The molecule has 3 aromatic rings. The first kappa shape index (κ1) is 12.8. The maximum atomic E-state index is 4.47. The Morgan fingerprint density at radius 2 is 2.10 bits per heavy atom. The molecule has 0 N–H and O–H groups in total. The lowest BCUT2D eigenvalue weighted by molar-refractivity contribution is 0.431. The molecule has 0 aliphatic heterocycles. The zero-order valence-corrected chi connectivity index (χ0v) is 11.8. The number of nitrogens with zero attached hydrogens (tertiary/aromatic N) is 4. The van der Waals surface area contributed by atoms with Gasteiger partial charge in [-0.15, -0.1) is 5.10 Å². The summed E-state index contributed by atoms with van der Waals surface area (Å²) in [5, 5.41) is 9.58. The average Bonchev–Trinajstić information content (AvgIpc) is 2.95. The first-order chi connectivity index (χ1) is 9.76. The van der Waals surface area contributed by atoms with Gasteiger partial charge in [-0.1, -0.05) is 43.7 Å². The molecule has 4 nitrogen and oxygen atoms in total. The van der Waals surface area contributed by atoms with Gasteiger partial charge in [0.25, 0.3) is 0 Å². The fourth-order valence-corrected chi connectivity index (χ4v) is 2.18. The van der Waals surface area contributed by atoms with Gasteiger partial charge in [0.2, 0.25) is 0 Å². The zero-order valence-electron chi connectivity index (χ0n) is 11.8.